The summed E-state index contributed by atoms with van der Waals surface area (Å²) in [6.07, 6.45) is 9.10. The second-order valence-electron chi connectivity index (χ2n) is 8.65. The van der Waals surface area contributed by atoms with Crippen molar-refractivity contribution < 1.29 is 0 Å². The second kappa shape index (κ2) is 11.7. The van der Waals surface area contributed by atoms with Gasteiger partial charge in [-0.05, 0) is 75.9 Å². The molecule has 1 aliphatic heterocycles. The number of rotatable bonds is 5. The van der Waals surface area contributed by atoms with Crippen LogP contribution < -0.4 is 10.6 Å². The van der Waals surface area contributed by atoms with E-state index >= 15 is 0 Å². The predicted octanol–water partition coefficient (Wildman–Crippen LogP) is 6.43. The summed E-state index contributed by atoms with van der Waals surface area (Å²) in [6.45, 7) is 2.59. The van der Waals surface area contributed by atoms with Crippen LogP contribution in [-0.2, 0) is 0 Å². The molecule has 1 aliphatic carbocycles. The van der Waals surface area contributed by atoms with Crippen LogP contribution in [0.4, 0.5) is 17.5 Å². The molecular weight excluding hydrogens is 441 g/mol. The van der Waals surface area contributed by atoms with E-state index in [2.05, 4.69) is 39.8 Å². The van der Waals surface area contributed by atoms with Gasteiger partial charge in [0.15, 0.2) is 0 Å². The van der Waals surface area contributed by atoms with Gasteiger partial charge >= 0.3 is 0 Å². The molecule has 0 atom stereocenters. The zero-order valence-corrected chi connectivity index (χ0v) is 20.0. The average molecular weight is 474 g/mol. The van der Waals surface area contributed by atoms with Crippen molar-refractivity contribution in [1.29, 1.82) is 0 Å². The van der Waals surface area contributed by atoms with E-state index in [4.69, 9.17) is 9.97 Å². The lowest BCUT2D eigenvalue weighted by Crippen LogP contribution is -2.43. The molecule has 0 unspecified atom stereocenters. The summed E-state index contributed by atoms with van der Waals surface area (Å²) < 4.78 is 0. The molecule has 3 aromatic rings. The van der Waals surface area contributed by atoms with Gasteiger partial charge in [0, 0.05) is 23.2 Å². The summed E-state index contributed by atoms with van der Waals surface area (Å²) in [5.74, 6) is 1.59. The van der Waals surface area contributed by atoms with Crippen molar-refractivity contribution in [3.63, 3.8) is 0 Å². The molecule has 0 spiro atoms. The fourth-order valence-corrected chi connectivity index (χ4v) is 4.95. The van der Waals surface area contributed by atoms with Crippen LogP contribution >= 0.6 is 24.8 Å². The smallest absolute Gasteiger partial charge is 0.225 e. The fraction of sp³-hybridized carbons (Fsp3) is 0.440. The van der Waals surface area contributed by atoms with E-state index in [-0.39, 0.29) is 24.8 Å². The lowest BCUT2D eigenvalue weighted by Gasteiger charge is -2.39. The minimum Gasteiger partial charge on any atom is -0.351 e. The largest absolute Gasteiger partial charge is 0.351 e. The SMILES string of the molecule is Cl.Cl.c1ccc(Nc2nc(NC3CCC(N4CCCCC4)CC3)nc3ccccc23)cc1. The Bertz CT molecular complexity index is 970. The summed E-state index contributed by atoms with van der Waals surface area (Å²) in [5, 5.41) is 8.16. The molecule has 1 saturated carbocycles. The number of hydrogen-bond donors (Lipinski definition) is 2. The number of hydrogen-bond acceptors (Lipinski definition) is 5. The van der Waals surface area contributed by atoms with E-state index in [1.807, 2.05) is 30.3 Å². The zero-order chi connectivity index (χ0) is 20.2. The van der Waals surface area contributed by atoms with Gasteiger partial charge in [-0.1, -0.05) is 36.8 Å². The minimum atomic E-state index is 0. The van der Waals surface area contributed by atoms with E-state index in [1.54, 1.807) is 0 Å². The summed E-state index contributed by atoms with van der Waals surface area (Å²) in [6, 6.07) is 19.7. The van der Waals surface area contributed by atoms with Gasteiger partial charge in [-0.25, -0.2) is 4.98 Å². The van der Waals surface area contributed by atoms with E-state index in [0.29, 0.717) is 6.04 Å². The molecule has 0 amide bonds. The third-order valence-electron chi connectivity index (χ3n) is 6.58. The number of piperidine rings is 1. The molecule has 5 nitrogen and oxygen atoms in total. The van der Waals surface area contributed by atoms with Crippen molar-refractivity contribution in [3.05, 3.63) is 54.6 Å². The highest BCUT2D eigenvalue weighted by molar-refractivity contribution is 5.91. The van der Waals surface area contributed by atoms with Crippen LogP contribution in [0.5, 0.6) is 0 Å². The lowest BCUT2D eigenvalue weighted by molar-refractivity contribution is 0.127. The first-order valence-electron chi connectivity index (χ1n) is 11.4. The molecule has 2 aliphatic rings. The van der Waals surface area contributed by atoms with E-state index in [0.717, 1.165) is 34.4 Å². The Morgan fingerprint density at radius 2 is 1.44 bits per heavy atom. The first-order chi connectivity index (χ1) is 14.8. The van der Waals surface area contributed by atoms with Crippen LogP contribution in [0, 0.1) is 0 Å². The zero-order valence-electron chi connectivity index (χ0n) is 18.4. The van der Waals surface area contributed by atoms with E-state index in [9.17, 15) is 0 Å². The van der Waals surface area contributed by atoms with Crippen molar-refractivity contribution in [2.24, 2.45) is 0 Å². The van der Waals surface area contributed by atoms with Gasteiger partial charge in [-0.2, -0.15) is 4.98 Å². The van der Waals surface area contributed by atoms with E-state index in [1.165, 1.54) is 58.0 Å². The van der Waals surface area contributed by atoms with Crippen molar-refractivity contribution in [3.8, 4) is 0 Å². The van der Waals surface area contributed by atoms with Gasteiger partial charge in [0.05, 0.1) is 5.52 Å². The van der Waals surface area contributed by atoms with Crippen molar-refractivity contribution in [2.75, 3.05) is 23.7 Å². The molecular formula is C25H33Cl2N5. The quantitative estimate of drug-likeness (QED) is 0.447. The number of fused-ring (bicyclic) bond motifs is 1. The number of para-hydroxylation sites is 2. The Hall–Kier alpha value is -2.08. The molecule has 2 aromatic carbocycles. The van der Waals surface area contributed by atoms with Crippen LogP contribution in [0.25, 0.3) is 10.9 Å². The number of halogens is 2. The monoisotopic (exact) mass is 473 g/mol. The summed E-state index contributed by atoms with van der Waals surface area (Å²) in [5.41, 5.74) is 2.00. The van der Waals surface area contributed by atoms with Gasteiger partial charge in [-0.15, -0.1) is 24.8 Å². The Labute approximate surface area is 203 Å². The van der Waals surface area contributed by atoms with E-state index < -0.39 is 0 Å². The second-order valence-corrected chi connectivity index (χ2v) is 8.65. The number of anilines is 3. The summed E-state index contributed by atoms with van der Waals surface area (Å²) >= 11 is 0. The third-order valence-corrected chi connectivity index (χ3v) is 6.58. The molecule has 7 heteroatoms. The van der Waals surface area contributed by atoms with Gasteiger partial charge in [-0.3, -0.25) is 0 Å². The number of nitrogens with one attached hydrogen (secondary N) is 2. The molecule has 2 heterocycles. The van der Waals surface area contributed by atoms with Crippen LogP contribution in [0.1, 0.15) is 44.9 Å². The lowest BCUT2D eigenvalue weighted by atomic mass is 9.89. The maximum absolute atomic E-state index is 4.86. The molecule has 1 saturated heterocycles. The Balaban J connectivity index is 0.00000144. The van der Waals surface area contributed by atoms with Crippen LogP contribution in [0.15, 0.2) is 54.6 Å². The Kier molecular flexibility index (Phi) is 8.97. The van der Waals surface area contributed by atoms with Gasteiger partial charge in [0.2, 0.25) is 5.95 Å². The minimum absolute atomic E-state index is 0. The van der Waals surface area contributed by atoms with Gasteiger partial charge in [0.1, 0.15) is 5.82 Å². The first kappa shape index (κ1) is 24.6. The van der Waals surface area contributed by atoms with Gasteiger partial charge in [0.25, 0.3) is 0 Å². The highest BCUT2D eigenvalue weighted by Gasteiger charge is 2.27. The van der Waals surface area contributed by atoms with Crippen molar-refractivity contribution in [1.82, 2.24) is 14.9 Å². The maximum atomic E-state index is 4.86. The molecule has 1 aromatic heterocycles. The van der Waals surface area contributed by atoms with Crippen LogP contribution in [0.3, 0.4) is 0 Å². The Morgan fingerprint density at radius 1 is 0.750 bits per heavy atom. The van der Waals surface area contributed by atoms with Crippen LogP contribution in [0.2, 0.25) is 0 Å². The number of aromatic nitrogens is 2. The molecule has 32 heavy (non-hydrogen) atoms. The highest BCUT2D eigenvalue weighted by atomic mass is 35.5. The molecule has 0 bridgehead atoms. The predicted molar refractivity (Wildman–Crippen MR) is 139 cm³/mol. The molecule has 5 rings (SSSR count). The number of benzene rings is 2. The average Bonchev–Trinajstić information content (AvgIpc) is 2.81. The highest BCUT2D eigenvalue weighted by Crippen LogP contribution is 2.29. The molecule has 2 N–H and O–H groups in total. The molecule has 0 radical (unpaired) electrons. The standard InChI is InChI=1S/C25H31N5.2ClH/c1-3-9-19(10-4-1)26-24-22-11-5-6-12-23(22)28-25(29-24)27-20-13-15-21(16-14-20)30-17-7-2-8-18-30;;/h1,3-6,9-12,20-21H,2,7-8,13-18H2,(H2,26,27,28,29);2*1H. The maximum Gasteiger partial charge on any atom is 0.225 e. The first-order valence-corrected chi connectivity index (χ1v) is 11.4. The van der Waals surface area contributed by atoms with Crippen molar-refractivity contribution >= 4 is 53.2 Å². The fourth-order valence-electron chi connectivity index (χ4n) is 4.95. The molecule has 172 valence electrons. The summed E-state index contributed by atoms with van der Waals surface area (Å²) in [4.78, 5) is 12.4. The Morgan fingerprint density at radius 3 is 2.19 bits per heavy atom. The van der Waals surface area contributed by atoms with Gasteiger partial charge < -0.3 is 15.5 Å². The normalized spacial score (nSPS) is 21.2. The number of likely N-dealkylation sites (tertiary alicyclic amines) is 1. The summed E-state index contributed by atoms with van der Waals surface area (Å²) in [7, 11) is 0. The third kappa shape index (κ3) is 5.83. The molecule has 2 fully saturated rings. The topological polar surface area (TPSA) is 53.1 Å². The van der Waals surface area contributed by atoms with Crippen LogP contribution in [-0.4, -0.2) is 40.0 Å². The number of nitrogens with zero attached hydrogens (tertiary/aromatic N) is 3. The van der Waals surface area contributed by atoms with Crippen molar-refractivity contribution in [2.45, 2.75) is 57.0 Å².